The van der Waals surface area contributed by atoms with Crippen LogP contribution in [0, 0.1) is 0 Å². The van der Waals surface area contributed by atoms with Crippen LogP contribution in [0.4, 0.5) is 0 Å². The highest BCUT2D eigenvalue weighted by Crippen LogP contribution is 2.63. The Morgan fingerprint density at radius 3 is 1.57 bits per heavy atom. The molecule has 2 aliphatic carbocycles. The van der Waals surface area contributed by atoms with Crippen LogP contribution in [-0.4, -0.2) is 23.9 Å². The Morgan fingerprint density at radius 1 is 0.514 bits per heavy atom. The van der Waals surface area contributed by atoms with Gasteiger partial charge in [-0.15, -0.1) is 0 Å². The van der Waals surface area contributed by atoms with Gasteiger partial charge >= 0.3 is 23.9 Å². The van der Waals surface area contributed by atoms with Gasteiger partial charge in [0.15, 0.2) is 0 Å². The summed E-state index contributed by atoms with van der Waals surface area (Å²) < 4.78 is 9.87. The Labute approximate surface area is 210 Å². The number of aryl methyl sites for hydroxylation is 1. The maximum atomic E-state index is 12.6. The molecule has 0 atom stereocenters. The molecule has 0 fully saturated rings. The van der Waals surface area contributed by atoms with Gasteiger partial charge in [-0.2, -0.15) is 0 Å². The number of carbonyl (C=O) groups excluding carboxylic acids is 4. The molecule has 0 aromatic heterocycles. The van der Waals surface area contributed by atoms with E-state index < -0.39 is 29.3 Å². The Morgan fingerprint density at radius 2 is 1.00 bits per heavy atom. The molecule has 1 spiro atoms. The first-order chi connectivity index (χ1) is 17.9. The molecule has 4 aromatic carbocycles. The van der Waals surface area contributed by atoms with Crippen molar-refractivity contribution < 1.29 is 28.7 Å². The van der Waals surface area contributed by atoms with E-state index in [1.807, 2.05) is 12.1 Å². The molecule has 0 unspecified atom stereocenters. The molecule has 0 amide bonds. The molecule has 2 heterocycles. The van der Waals surface area contributed by atoms with E-state index in [1.165, 1.54) is 0 Å². The molecule has 37 heavy (non-hydrogen) atoms. The van der Waals surface area contributed by atoms with Crippen molar-refractivity contribution in [2.24, 2.45) is 0 Å². The number of benzene rings is 4. The second-order valence-corrected chi connectivity index (χ2v) is 9.77. The summed E-state index contributed by atoms with van der Waals surface area (Å²) in [5.74, 6) is -2.74. The first-order valence-electron chi connectivity index (χ1n) is 12.1. The van der Waals surface area contributed by atoms with Crippen LogP contribution in [0.2, 0.25) is 0 Å². The van der Waals surface area contributed by atoms with Gasteiger partial charge in [-0.25, -0.2) is 19.2 Å². The van der Waals surface area contributed by atoms with Crippen molar-refractivity contribution in [3.8, 4) is 22.3 Å². The van der Waals surface area contributed by atoms with E-state index in [4.69, 9.17) is 9.47 Å². The molecule has 0 radical (unpaired) electrons. The van der Waals surface area contributed by atoms with E-state index in [1.54, 1.807) is 24.3 Å². The smallest absolute Gasteiger partial charge is 0.346 e. The summed E-state index contributed by atoms with van der Waals surface area (Å²) in [5, 5.41) is 0. The van der Waals surface area contributed by atoms with Crippen molar-refractivity contribution in [3.05, 3.63) is 117 Å². The predicted molar refractivity (Wildman–Crippen MR) is 132 cm³/mol. The minimum absolute atomic E-state index is 0.194. The highest BCUT2D eigenvalue weighted by molar-refractivity contribution is 6.18. The van der Waals surface area contributed by atoms with Gasteiger partial charge in [0.2, 0.25) is 0 Å². The van der Waals surface area contributed by atoms with Crippen LogP contribution in [0.15, 0.2) is 66.7 Å². The van der Waals surface area contributed by atoms with E-state index in [0.717, 1.165) is 56.5 Å². The highest BCUT2D eigenvalue weighted by Gasteiger charge is 2.54. The van der Waals surface area contributed by atoms with Crippen molar-refractivity contribution in [2.75, 3.05) is 0 Å². The summed E-state index contributed by atoms with van der Waals surface area (Å²) in [6.45, 7) is 2.09. The molecule has 0 saturated heterocycles. The molecule has 2 aliphatic heterocycles. The fourth-order valence-electron chi connectivity index (χ4n) is 6.60. The van der Waals surface area contributed by atoms with Crippen LogP contribution in [0.25, 0.3) is 22.3 Å². The number of ether oxygens (including phenoxy) is 2. The highest BCUT2D eigenvalue weighted by atomic mass is 16.6. The third-order valence-corrected chi connectivity index (χ3v) is 8.18. The summed E-state index contributed by atoms with van der Waals surface area (Å²) in [6.07, 6.45) is 0.829. The first-order valence-corrected chi connectivity index (χ1v) is 12.1. The average molecular weight is 484 g/mol. The lowest BCUT2D eigenvalue weighted by Crippen LogP contribution is -2.26. The molecule has 6 heteroatoms. The van der Waals surface area contributed by atoms with Crippen LogP contribution in [0.1, 0.15) is 76.2 Å². The molecular formula is C31H16O6. The van der Waals surface area contributed by atoms with Crippen LogP contribution in [0.5, 0.6) is 0 Å². The minimum atomic E-state index is -0.857. The zero-order chi connectivity index (χ0) is 25.2. The van der Waals surface area contributed by atoms with Crippen LogP contribution in [-0.2, 0) is 21.3 Å². The minimum Gasteiger partial charge on any atom is -0.386 e. The van der Waals surface area contributed by atoms with Gasteiger partial charge in [-0.05, 0) is 80.8 Å². The number of rotatable bonds is 1. The third-order valence-electron chi connectivity index (χ3n) is 8.18. The second kappa shape index (κ2) is 6.48. The maximum Gasteiger partial charge on any atom is 0.346 e. The predicted octanol–water partition coefficient (Wildman–Crippen LogP) is 5.21. The Balaban J connectivity index is 1.59. The van der Waals surface area contributed by atoms with Gasteiger partial charge in [0.25, 0.3) is 0 Å². The van der Waals surface area contributed by atoms with E-state index >= 15 is 0 Å². The van der Waals surface area contributed by atoms with Crippen LogP contribution < -0.4 is 0 Å². The topological polar surface area (TPSA) is 86.7 Å². The fourth-order valence-corrected chi connectivity index (χ4v) is 6.60. The normalized spacial score (nSPS) is 16.7. The zero-order valence-electron chi connectivity index (χ0n) is 19.5. The van der Waals surface area contributed by atoms with Gasteiger partial charge in [-0.1, -0.05) is 49.4 Å². The third kappa shape index (κ3) is 2.22. The zero-order valence-corrected chi connectivity index (χ0v) is 19.5. The summed E-state index contributed by atoms with van der Waals surface area (Å²) in [5.41, 5.74) is 8.34. The van der Waals surface area contributed by atoms with Gasteiger partial charge in [0.1, 0.15) is 0 Å². The largest absolute Gasteiger partial charge is 0.386 e. The van der Waals surface area contributed by atoms with Gasteiger partial charge in [-0.3, -0.25) is 0 Å². The summed E-state index contributed by atoms with van der Waals surface area (Å²) >= 11 is 0. The van der Waals surface area contributed by atoms with E-state index in [9.17, 15) is 19.2 Å². The fraction of sp³-hybridized carbons (Fsp3) is 0.0968. The molecule has 0 bridgehead atoms. The second-order valence-electron chi connectivity index (χ2n) is 9.77. The Hall–Kier alpha value is -4.84. The Bertz CT molecular complexity index is 1760. The Kier molecular flexibility index (Phi) is 3.56. The molecule has 4 aliphatic rings. The van der Waals surface area contributed by atoms with Crippen molar-refractivity contribution in [2.45, 2.75) is 18.8 Å². The molecule has 0 saturated carbocycles. The molecular weight excluding hydrogens is 468 g/mol. The summed E-state index contributed by atoms with van der Waals surface area (Å²) in [7, 11) is 0. The molecule has 8 rings (SSSR count). The van der Waals surface area contributed by atoms with Crippen molar-refractivity contribution in [3.63, 3.8) is 0 Å². The van der Waals surface area contributed by atoms with Gasteiger partial charge < -0.3 is 9.47 Å². The first kappa shape index (κ1) is 20.4. The lowest BCUT2D eigenvalue weighted by molar-refractivity contribution is 0.0425. The summed E-state index contributed by atoms with van der Waals surface area (Å²) in [6, 6.07) is 21.4. The van der Waals surface area contributed by atoms with Crippen LogP contribution >= 0.6 is 0 Å². The molecule has 0 N–H and O–H groups in total. The standard InChI is InChI=1S/C31H16O6/c1-2-14-7-8-16-15-5-3-4-6-23(15)31(24(16)9-14)25-12-21-19(27(32)36-29(21)34)10-17(25)18-11-20-22(13-26(18)31)30(35)37-28(20)33/h3-13H,2H2,1H3. The number of hydrogen-bond donors (Lipinski definition) is 0. The number of fused-ring (bicyclic) bond motifs is 12. The molecule has 4 aromatic rings. The van der Waals surface area contributed by atoms with Crippen molar-refractivity contribution in [1.82, 2.24) is 0 Å². The quantitative estimate of drug-likeness (QED) is 0.235. The number of carbonyl (C=O) groups is 4. The van der Waals surface area contributed by atoms with Gasteiger partial charge in [0, 0.05) is 0 Å². The monoisotopic (exact) mass is 484 g/mol. The SMILES string of the molecule is CCc1ccc2c(c1)C1(c3ccccc3-2)c2cc3c(cc2-c2cc4c(cc21)C(=O)OC4=O)C(=O)OC3=O. The number of esters is 4. The number of hydrogen-bond acceptors (Lipinski definition) is 6. The molecule has 6 nitrogen and oxygen atoms in total. The van der Waals surface area contributed by atoms with Gasteiger partial charge in [0.05, 0.1) is 27.7 Å². The lowest BCUT2D eigenvalue weighted by Gasteiger charge is -2.31. The molecule has 176 valence electrons. The maximum absolute atomic E-state index is 12.6. The van der Waals surface area contributed by atoms with E-state index in [2.05, 4.69) is 37.3 Å². The van der Waals surface area contributed by atoms with E-state index in [-0.39, 0.29) is 22.3 Å². The van der Waals surface area contributed by atoms with Crippen LogP contribution in [0.3, 0.4) is 0 Å². The lowest BCUT2D eigenvalue weighted by atomic mass is 9.69. The number of cyclic esters (lactones) is 4. The van der Waals surface area contributed by atoms with Crippen molar-refractivity contribution in [1.29, 1.82) is 0 Å². The summed E-state index contributed by atoms with van der Waals surface area (Å²) in [4.78, 5) is 50.3. The van der Waals surface area contributed by atoms with Crippen molar-refractivity contribution >= 4 is 23.9 Å². The average Bonchev–Trinajstić information content (AvgIpc) is 3.56. The van der Waals surface area contributed by atoms with E-state index in [0.29, 0.717) is 0 Å².